The molecule has 0 fully saturated rings. The maximum Gasteiger partial charge on any atom is 0.222 e. The maximum atomic E-state index is 5.97. The molecule has 130 valence electrons. The Morgan fingerprint density at radius 1 is 1.32 bits per heavy atom. The SMILES string of the molecule is CN(Cc1ccon1)c1nc(N)nc2c1CCN(c1nccs1)CC2. The summed E-state index contributed by atoms with van der Waals surface area (Å²) >= 11 is 1.66. The molecule has 0 saturated heterocycles. The van der Waals surface area contributed by atoms with E-state index in [-0.39, 0.29) is 0 Å². The molecule has 4 rings (SSSR count). The third-order valence-corrected chi connectivity index (χ3v) is 5.11. The van der Waals surface area contributed by atoms with Crippen molar-refractivity contribution in [2.75, 3.05) is 35.7 Å². The lowest BCUT2D eigenvalue weighted by Gasteiger charge is -2.21. The van der Waals surface area contributed by atoms with E-state index in [0.29, 0.717) is 12.5 Å². The van der Waals surface area contributed by atoms with E-state index in [1.165, 1.54) is 0 Å². The number of aromatic nitrogens is 4. The van der Waals surface area contributed by atoms with E-state index in [2.05, 4.69) is 25.0 Å². The van der Waals surface area contributed by atoms with Gasteiger partial charge >= 0.3 is 0 Å². The molecule has 2 N–H and O–H groups in total. The first-order chi connectivity index (χ1) is 12.2. The Balaban J connectivity index is 1.61. The van der Waals surface area contributed by atoms with E-state index in [4.69, 9.17) is 10.3 Å². The molecule has 0 aromatic carbocycles. The van der Waals surface area contributed by atoms with Crippen LogP contribution in [0.15, 0.2) is 28.4 Å². The molecule has 25 heavy (non-hydrogen) atoms. The van der Waals surface area contributed by atoms with E-state index in [0.717, 1.165) is 53.8 Å². The van der Waals surface area contributed by atoms with Crippen LogP contribution in [0, 0.1) is 0 Å². The minimum atomic E-state index is 0.309. The number of nitrogens with zero attached hydrogens (tertiary/aromatic N) is 6. The van der Waals surface area contributed by atoms with Crippen molar-refractivity contribution >= 4 is 28.2 Å². The van der Waals surface area contributed by atoms with Gasteiger partial charge in [-0.25, -0.2) is 9.97 Å². The van der Waals surface area contributed by atoms with E-state index in [9.17, 15) is 0 Å². The highest BCUT2D eigenvalue weighted by atomic mass is 32.1. The molecule has 9 heteroatoms. The molecular weight excluding hydrogens is 338 g/mol. The van der Waals surface area contributed by atoms with Gasteiger partial charge in [-0.05, 0) is 6.42 Å². The van der Waals surface area contributed by atoms with Gasteiger partial charge in [0.15, 0.2) is 5.13 Å². The van der Waals surface area contributed by atoms with Crippen LogP contribution in [0.1, 0.15) is 17.0 Å². The van der Waals surface area contributed by atoms with Crippen LogP contribution < -0.4 is 15.5 Å². The van der Waals surface area contributed by atoms with Crippen molar-refractivity contribution in [3.05, 3.63) is 40.9 Å². The summed E-state index contributed by atoms with van der Waals surface area (Å²) in [4.78, 5) is 17.8. The molecule has 0 radical (unpaired) electrons. The number of rotatable bonds is 4. The second-order valence-corrected chi connectivity index (χ2v) is 6.85. The second-order valence-electron chi connectivity index (χ2n) is 5.98. The van der Waals surface area contributed by atoms with Crippen LogP contribution in [0.4, 0.5) is 16.9 Å². The summed E-state index contributed by atoms with van der Waals surface area (Å²) in [5.74, 6) is 1.18. The molecule has 0 saturated carbocycles. The highest BCUT2D eigenvalue weighted by molar-refractivity contribution is 7.13. The van der Waals surface area contributed by atoms with Gasteiger partial charge in [0.05, 0.1) is 12.2 Å². The lowest BCUT2D eigenvalue weighted by Crippen LogP contribution is -2.26. The molecule has 0 unspecified atom stereocenters. The molecule has 3 aromatic heterocycles. The Morgan fingerprint density at radius 3 is 2.96 bits per heavy atom. The number of thiazole rings is 1. The molecule has 0 amide bonds. The number of anilines is 3. The van der Waals surface area contributed by atoms with Crippen LogP contribution in [0.3, 0.4) is 0 Å². The third kappa shape index (κ3) is 3.27. The normalized spacial score (nSPS) is 14.2. The Kier molecular flexibility index (Phi) is 4.22. The number of fused-ring (bicyclic) bond motifs is 1. The lowest BCUT2D eigenvalue weighted by molar-refractivity contribution is 0.411. The van der Waals surface area contributed by atoms with E-state index in [1.54, 1.807) is 17.6 Å². The molecule has 0 bridgehead atoms. The standard InChI is InChI=1S/C16H19N7OS/c1-22(10-11-4-8-24-21-11)14-12-2-6-23(16-18-5-9-25-16)7-3-13(12)19-15(17)20-14/h4-5,8-9H,2-3,6-7,10H2,1H3,(H2,17,19,20). The maximum absolute atomic E-state index is 5.97. The minimum Gasteiger partial charge on any atom is -0.368 e. The van der Waals surface area contributed by atoms with Gasteiger partial charge in [0.2, 0.25) is 5.95 Å². The van der Waals surface area contributed by atoms with Crippen LogP contribution >= 0.6 is 11.3 Å². The summed E-state index contributed by atoms with van der Waals surface area (Å²) in [5, 5.41) is 7.02. The zero-order valence-electron chi connectivity index (χ0n) is 13.9. The number of nitrogens with two attached hydrogens (primary N) is 1. The van der Waals surface area contributed by atoms with Crippen molar-refractivity contribution in [3.63, 3.8) is 0 Å². The topological polar surface area (TPSA) is 97.2 Å². The average molecular weight is 357 g/mol. The smallest absolute Gasteiger partial charge is 0.222 e. The fourth-order valence-corrected chi connectivity index (χ4v) is 3.81. The number of hydrogen-bond acceptors (Lipinski definition) is 9. The van der Waals surface area contributed by atoms with E-state index >= 15 is 0 Å². The summed E-state index contributed by atoms with van der Waals surface area (Å²) in [6.45, 7) is 2.37. The molecule has 0 spiro atoms. The largest absolute Gasteiger partial charge is 0.368 e. The van der Waals surface area contributed by atoms with E-state index in [1.807, 2.05) is 29.6 Å². The highest BCUT2D eigenvalue weighted by Gasteiger charge is 2.22. The summed E-state index contributed by atoms with van der Waals surface area (Å²) in [5.41, 5.74) is 8.99. The Morgan fingerprint density at radius 2 is 2.20 bits per heavy atom. The van der Waals surface area contributed by atoms with Crippen molar-refractivity contribution in [2.24, 2.45) is 0 Å². The van der Waals surface area contributed by atoms with Gasteiger partial charge in [-0.3, -0.25) is 0 Å². The summed E-state index contributed by atoms with van der Waals surface area (Å²) in [6.07, 6.45) is 5.09. The quantitative estimate of drug-likeness (QED) is 0.754. The predicted molar refractivity (Wildman–Crippen MR) is 96.8 cm³/mol. The van der Waals surface area contributed by atoms with Gasteiger partial charge in [-0.1, -0.05) is 5.16 Å². The van der Waals surface area contributed by atoms with Crippen molar-refractivity contribution in [1.82, 2.24) is 20.1 Å². The predicted octanol–water partition coefficient (Wildman–Crippen LogP) is 1.74. The Bertz CT molecular complexity index is 835. The fraction of sp³-hybridized carbons (Fsp3) is 0.375. The highest BCUT2D eigenvalue weighted by Crippen LogP contribution is 2.28. The molecule has 8 nitrogen and oxygen atoms in total. The van der Waals surface area contributed by atoms with Gasteiger partial charge < -0.3 is 20.1 Å². The van der Waals surface area contributed by atoms with Crippen LogP contribution in [-0.2, 0) is 19.4 Å². The molecule has 0 atom stereocenters. The van der Waals surface area contributed by atoms with Crippen molar-refractivity contribution < 1.29 is 4.52 Å². The van der Waals surface area contributed by atoms with Gasteiger partial charge in [-0.2, -0.15) is 4.98 Å². The van der Waals surface area contributed by atoms with Crippen molar-refractivity contribution in [3.8, 4) is 0 Å². The molecule has 0 aliphatic carbocycles. The first kappa shape index (κ1) is 15.8. The van der Waals surface area contributed by atoms with E-state index < -0.39 is 0 Å². The first-order valence-electron chi connectivity index (χ1n) is 8.11. The zero-order chi connectivity index (χ0) is 17.2. The summed E-state index contributed by atoms with van der Waals surface area (Å²) in [6, 6.07) is 1.85. The van der Waals surface area contributed by atoms with Crippen LogP contribution in [0.5, 0.6) is 0 Å². The van der Waals surface area contributed by atoms with Gasteiger partial charge in [0.1, 0.15) is 17.8 Å². The first-order valence-corrected chi connectivity index (χ1v) is 8.99. The van der Waals surface area contributed by atoms with Gasteiger partial charge in [0, 0.05) is 49.8 Å². The number of hydrogen-bond donors (Lipinski definition) is 1. The fourth-order valence-electron chi connectivity index (χ4n) is 3.11. The van der Waals surface area contributed by atoms with Crippen LogP contribution in [-0.4, -0.2) is 40.2 Å². The molecular formula is C16H19N7OS. The minimum absolute atomic E-state index is 0.309. The monoisotopic (exact) mass is 357 g/mol. The lowest BCUT2D eigenvalue weighted by atomic mass is 10.1. The van der Waals surface area contributed by atoms with Crippen molar-refractivity contribution in [1.29, 1.82) is 0 Å². The van der Waals surface area contributed by atoms with Crippen LogP contribution in [0.25, 0.3) is 0 Å². The molecule has 3 aromatic rings. The molecule has 4 heterocycles. The second kappa shape index (κ2) is 6.67. The Labute approximate surface area is 149 Å². The molecule has 1 aliphatic rings. The molecule has 1 aliphatic heterocycles. The average Bonchev–Trinajstić information content (AvgIpc) is 3.26. The summed E-state index contributed by atoms with van der Waals surface area (Å²) in [7, 11) is 1.99. The zero-order valence-corrected chi connectivity index (χ0v) is 14.7. The Hall–Kier alpha value is -2.68. The van der Waals surface area contributed by atoms with Crippen LogP contribution in [0.2, 0.25) is 0 Å². The van der Waals surface area contributed by atoms with Gasteiger partial charge in [0.25, 0.3) is 0 Å². The van der Waals surface area contributed by atoms with Gasteiger partial charge in [-0.15, -0.1) is 11.3 Å². The summed E-state index contributed by atoms with van der Waals surface area (Å²) < 4.78 is 4.92. The van der Waals surface area contributed by atoms with Crippen molar-refractivity contribution in [2.45, 2.75) is 19.4 Å². The number of nitrogen functional groups attached to an aromatic ring is 1. The third-order valence-electron chi connectivity index (χ3n) is 4.28.